The summed E-state index contributed by atoms with van der Waals surface area (Å²) in [6.45, 7) is 3.76. The Balaban J connectivity index is 1.97. The molecule has 0 aliphatic carbocycles. The largest absolute Gasteiger partial charge is 0.467 e. The number of amides is 1. The van der Waals surface area contributed by atoms with Crippen molar-refractivity contribution in [2.45, 2.75) is 26.4 Å². The van der Waals surface area contributed by atoms with E-state index >= 15 is 0 Å². The number of halogens is 1. The van der Waals surface area contributed by atoms with E-state index in [0.717, 1.165) is 11.1 Å². The molecular formula is C24H23FN2O4. The van der Waals surface area contributed by atoms with Gasteiger partial charge in [-0.15, -0.1) is 0 Å². The van der Waals surface area contributed by atoms with E-state index in [2.05, 4.69) is 5.32 Å². The number of aromatic nitrogens is 1. The number of aryl methyl sites for hydroxylation is 1. The SMILES string of the molecule is COC(=O)[C@H](NC(=O)c1cc(C)c(C)n(Cc2ccc(F)cc2)c1=O)c1ccccc1. The number of carbonyl (C=O) groups is 2. The molecule has 1 aromatic heterocycles. The minimum absolute atomic E-state index is 0.0879. The van der Waals surface area contributed by atoms with Gasteiger partial charge >= 0.3 is 5.97 Å². The molecule has 31 heavy (non-hydrogen) atoms. The summed E-state index contributed by atoms with van der Waals surface area (Å²) in [7, 11) is 1.23. The van der Waals surface area contributed by atoms with Crippen LogP contribution in [0.1, 0.15) is 38.8 Å². The van der Waals surface area contributed by atoms with E-state index in [1.807, 2.05) is 0 Å². The smallest absolute Gasteiger partial charge is 0.333 e. The second-order valence-corrected chi connectivity index (χ2v) is 7.18. The number of nitrogens with zero attached hydrogens (tertiary/aromatic N) is 1. The van der Waals surface area contributed by atoms with Gasteiger partial charge in [-0.3, -0.25) is 9.59 Å². The Labute approximate surface area is 179 Å². The Kier molecular flexibility index (Phi) is 6.65. The van der Waals surface area contributed by atoms with Crippen LogP contribution < -0.4 is 10.9 Å². The first-order valence-electron chi connectivity index (χ1n) is 9.71. The van der Waals surface area contributed by atoms with E-state index in [-0.39, 0.29) is 17.9 Å². The topological polar surface area (TPSA) is 77.4 Å². The van der Waals surface area contributed by atoms with Gasteiger partial charge in [-0.25, -0.2) is 9.18 Å². The molecule has 0 saturated heterocycles. The van der Waals surface area contributed by atoms with Crippen LogP contribution in [0.25, 0.3) is 0 Å². The lowest BCUT2D eigenvalue weighted by molar-refractivity contribution is -0.143. The van der Waals surface area contributed by atoms with Crippen molar-refractivity contribution in [3.63, 3.8) is 0 Å². The molecule has 2 aromatic carbocycles. The lowest BCUT2D eigenvalue weighted by Crippen LogP contribution is -2.39. The summed E-state index contributed by atoms with van der Waals surface area (Å²) in [6, 6.07) is 14.9. The molecule has 0 aliphatic heterocycles. The molecule has 0 bridgehead atoms. The summed E-state index contributed by atoms with van der Waals surface area (Å²) in [5.74, 6) is -1.69. The summed E-state index contributed by atoms with van der Waals surface area (Å²) in [5.41, 5.74) is 2.11. The number of nitrogens with one attached hydrogen (secondary N) is 1. The summed E-state index contributed by atoms with van der Waals surface area (Å²) >= 11 is 0. The predicted molar refractivity (Wildman–Crippen MR) is 114 cm³/mol. The molecule has 0 radical (unpaired) electrons. The number of esters is 1. The van der Waals surface area contributed by atoms with Gasteiger partial charge in [0.1, 0.15) is 11.4 Å². The van der Waals surface area contributed by atoms with Gasteiger partial charge in [0.25, 0.3) is 11.5 Å². The van der Waals surface area contributed by atoms with Crippen LogP contribution in [-0.2, 0) is 16.1 Å². The maximum Gasteiger partial charge on any atom is 0.333 e. The Morgan fingerprint density at radius 2 is 1.71 bits per heavy atom. The van der Waals surface area contributed by atoms with Crippen LogP contribution in [0.2, 0.25) is 0 Å². The molecule has 1 atom stereocenters. The highest BCUT2D eigenvalue weighted by atomic mass is 19.1. The fourth-order valence-corrected chi connectivity index (χ4v) is 3.27. The molecule has 6 nitrogen and oxygen atoms in total. The fraction of sp³-hybridized carbons (Fsp3) is 0.208. The van der Waals surface area contributed by atoms with Crippen molar-refractivity contribution in [2.75, 3.05) is 7.11 Å². The highest BCUT2D eigenvalue weighted by Gasteiger charge is 2.26. The third-order valence-corrected chi connectivity index (χ3v) is 5.16. The van der Waals surface area contributed by atoms with Gasteiger partial charge in [-0.05, 0) is 48.7 Å². The lowest BCUT2D eigenvalue weighted by Gasteiger charge is -2.18. The zero-order valence-corrected chi connectivity index (χ0v) is 17.5. The quantitative estimate of drug-likeness (QED) is 0.619. The number of rotatable bonds is 6. The van der Waals surface area contributed by atoms with E-state index < -0.39 is 23.5 Å². The summed E-state index contributed by atoms with van der Waals surface area (Å²) in [4.78, 5) is 38.4. The molecule has 7 heteroatoms. The number of methoxy groups -OCH3 is 1. The maximum atomic E-state index is 13.2. The lowest BCUT2D eigenvalue weighted by atomic mass is 10.1. The first-order chi connectivity index (χ1) is 14.8. The predicted octanol–water partition coefficient (Wildman–Crippen LogP) is 3.30. The number of pyridine rings is 1. The molecule has 160 valence electrons. The van der Waals surface area contributed by atoms with Crippen molar-refractivity contribution >= 4 is 11.9 Å². The highest BCUT2D eigenvalue weighted by molar-refractivity contribution is 5.97. The van der Waals surface area contributed by atoms with Crippen LogP contribution in [0.5, 0.6) is 0 Å². The van der Waals surface area contributed by atoms with Crippen LogP contribution in [0.4, 0.5) is 4.39 Å². The standard InChI is InChI=1S/C24H23FN2O4/c1-15-13-20(22(28)26-21(24(30)31-3)18-7-5-4-6-8-18)23(29)27(16(15)2)14-17-9-11-19(25)12-10-17/h4-13,21H,14H2,1-3H3,(H,26,28)/t21-/m1/s1. The summed E-state index contributed by atoms with van der Waals surface area (Å²) in [5, 5.41) is 2.61. The van der Waals surface area contributed by atoms with E-state index in [0.29, 0.717) is 11.3 Å². The van der Waals surface area contributed by atoms with Crippen molar-refractivity contribution in [1.82, 2.24) is 9.88 Å². The van der Waals surface area contributed by atoms with Gasteiger partial charge in [0.15, 0.2) is 6.04 Å². The number of ether oxygens (including phenoxy) is 1. The molecule has 0 spiro atoms. The third-order valence-electron chi connectivity index (χ3n) is 5.16. The molecule has 3 aromatic rings. The average Bonchev–Trinajstić information content (AvgIpc) is 2.78. The normalized spacial score (nSPS) is 11.6. The number of carbonyl (C=O) groups excluding carboxylic acids is 2. The molecule has 0 aliphatic rings. The Morgan fingerprint density at radius 1 is 1.06 bits per heavy atom. The van der Waals surface area contributed by atoms with Gasteiger partial charge in [0.05, 0.1) is 13.7 Å². The maximum absolute atomic E-state index is 13.2. The van der Waals surface area contributed by atoms with Crippen LogP contribution in [0.15, 0.2) is 65.5 Å². The Bertz CT molecular complexity index is 1150. The highest BCUT2D eigenvalue weighted by Crippen LogP contribution is 2.16. The molecule has 1 N–H and O–H groups in total. The molecular weight excluding hydrogens is 399 g/mol. The van der Waals surface area contributed by atoms with Crippen molar-refractivity contribution in [1.29, 1.82) is 0 Å². The van der Waals surface area contributed by atoms with Crippen LogP contribution in [-0.4, -0.2) is 23.6 Å². The number of hydrogen-bond acceptors (Lipinski definition) is 4. The fourth-order valence-electron chi connectivity index (χ4n) is 3.27. The van der Waals surface area contributed by atoms with Crippen molar-refractivity contribution in [2.24, 2.45) is 0 Å². The van der Waals surface area contributed by atoms with Gasteiger partial charge < -0.3 is 14.6 Å². The molecule has 0 saturated carbocycles. The average molecular weight is 422 g/mol. The van der Waals surface area contributed by atoms with Crippen LogP contribution >= 0.6 is 0 Å². The monoisotopic (exact) mass is 422 g/mol. The van der Waals surface area contributed by atoms with Gasteiger partial charge in [0.2, 0.25) is 0 Å². The Morgan fingerprint density at radius 3 is 2.32 bits per heavy atom. The first-order valence-corrected chi connectivity index (χ1v) is 9.71. The van der Waals surface area contributed by atoms with E-state index in [1.54, 1.807) is 56.3 Å². The first kappa shape index (κ1) is 22.0. The Hall–Kier alpha value is -3.74. The minimum Gasteiger partial charge on any atom is -0.467 e. The molecule has 0 unspecified atom stereocenters. The second kappa shape index (κ2) is 9.38. The van der Waals surface area contributed by atoms with Gasteiger partial charge in [0, 0.05) is 5.69 Å². The van der Waals surface area contributed by atoms with Crippen molar-refractivity contribution < 1.29 is 18.7 Å². The van der Waals surface area contributed by atoms with Crippen molar-refractivity contribution in [3.05, 3.63) is 105 Å². The summed E-state index contributed by atoms with van der Waals surface area (Å²) in [6.07, 6.45) is 0. The third kappa shape index (κ3) is 4.88. The number of benzene rings is 2. The molecule has 1 amide bonds. The second-order valence-electron chi connectivity index (χ2n) is 7.18. The minimum atomic E-state index is -1.05. The van der Waals surface area contributed by atoms with Gasteiger partial charge in [-0.1, -0.05) is 42.5 Å². The molecule has 3 rings (SSSR count). The zero-order chi connectivity index (χ0) is 22.5. The molecule has 0 fully saturated rings. The van der Waals surface area contributed by atoms with E-state index in [4.69, 9.17) is 4.74 Å². The summed E-state index contributed by atoms with van der Waals surface area (Å²) < 4.78 is 19.5. The van der Waals surface area contributed by atoms with Crippen LogP contribution in [0.3, 0.4) is 0 Å². The van der Waals surface area contributed by atoms with Gasteiger partial charge in [-0.2, -0.15) is 0 Å². The zero-order valence-electron chi connectivity index (χ0n) is 17.5. The van der Waals surface area contributed by atoms with Crippen molar-refractivity contribution in [3.8, 4) is 0 Å². The number of hydrogen-bond donors (Lipinski definition) is 1. The van der Waals surface area contributed by atoms with E-state index in [9.17, 15) is 18.8 Å². The van der Waals surface area contributed by atoms with Crippen LogP contribution in [0, 0.1) is 19.7 Å². The molecule has 1 heterocycles. The van der Waals surface area contributed by atoms with E-state index in [1.165, 1.54) is 29.9 Å².